The molecule has 2 N–H and O–H groups in total. The highest BCUT2D eigenvalue weighted by molar-refractivity contribution is 5.88. The van der Waals surface area contributed by atoms with Crippen molar-refractivity contribution < 1.29 is 14.3 Å². The fourth-order valence-electron chi connectivity index (χ4n) is 3.17. The Labute approximate surface area is 165 Å². The Kier molecular flexibility index (Phi) is 6.81. The summed E-state index contributed by atoms with van der Waals surface area (Å²) in [7, 11) is 0. The van der Waals surface area contributed by atoms with Crippen molar-refractivity contribution in [3.05, 3.63) is 72.8 Å². The zero-order chi connectivity index (χ0) is 19.8. The lowest BCUT2D eigenvalue weighted by atomic mass is 10.1. The minimum absolute atomic E-state index is 0.114. The Morgan fingerprint density at radius 2 is 2.00 bits per heavy atom. The summed E-state index contributed by atoms with van der Waals surface area (Å²) in [5.74, 6) is 1.24. The molecule has 1 saturated heterocycles. The van der Waals surface area contributed by atoms with Crippen molar-refractivity contribution in [2.75, 3.05) is 19.6 Å². The van der Waals surface area contributed by atoms with Gasteiger partial charge < -0.3 is 15.4 Å². The van der Waals surface area contributed by atoms with Crippen molar-refractivity contribution >= 4 is 11.8 Å². The largest absolute Gasteiger partial charge is 0.457 e. The first-order valence-corrected chi connectivity index (χ1v) is 9.37. The summed E-state index contributed by atoms with van der Waals surface area (Å²) < 4.78 is 5.89. The summed E-state index contributed by atoms with van der Waals surface area (Å²) in [5.41, 5.74) is 1.03. The quantitative estimate of drug-likeness (QED) is 0.692. The van der Waals surface area contributed by atoms with Gasteiger partial charge in [0.25, 0.3) is 0 Å². The van der Waals surface area contributed by atoms with Gasteiger partial charge in [-0.1, -0.05) is 36.4 Å². The first-order valence-electron chi connectivity index (χ1n) is 9.37. The number of amides is 2. The van der Waals surface area contributed by atoms with Crippen molar-refractivity contribution in [3.8, 4) is 11.5 Å². The van der Waals surface area contributed by atoms with Crippen LogP contribution >= 0.6 is 0 Å². The number of nitrogens with zero attached hydrogens (tertiary/aromatic N) is 1. The fraction of sp³-hybridized carbons (Fsp3) is 0.273. The van der Waals surface area contributed by atoms with E-state index in [1.807, 2.05) is 59.5 Å². The number of benzene rings is 2. The highest BCUT2D eigenvalue weighted by atomic mass is 16.5. The van der Waals surface area contributed by atoms with Crippen molar-refractivity contribution in [1.82, 2.24) is 15.5 Å². The van der Waals surface area contributed by atoms with Gasteiger partial charge in [0.1, 0.15) is 11.5 Å². The lowest BCUT2D eigenvalue weighted by molar-refractivity contribution is -0.134. The van der Waals surface area contributed by atoms with E-state index in [-0.39, 0.29) is 18.2 Å². The van der Waals surface area contributed by atoms with E-state index in [1.165, 1.54) is 0 Å². The molecule has 1 aliphatic rings. The minimum atomic E-state index is -0.489. The molecule has 2 amide bonds. The van der Waals surface area contributed by atoms with E-state index < -0.39 is 6.04 Å². The van der Waals surface area contributed by atoms with Crippen LogP contribution in [0.15, 0.2) is 67.3 Å². The van der Waals surface area contributed by atoms with Gasteiger partial charge in [0.15, 0.2) is 0 Å². The van der Waals surface area contributed by atoms with Gasteiger partial charge in [0.2, 0.25) is 11.8 Å². The van der Waals surface area contributed by atoms with Crippen LogP contribution in [0.1, 0.15) is 12.0 Å². The molecule has 28 heavy (non-hydrogen) atoms. The third kappa shape index (κ3) is 5.44. The second-order valence-corrected chi connectivity index (χ2v) is 6.64. The molecule has 0 aromatic heterocycles. The summed E-state index contributed by atoms with van der Waals surface area (Å²) in [5, 5.41) is 5.59. The van der Waals surface area contributed by atoms with Crippen molar-refractivity contribution in [1.29, 1.82) is 0 Å². The molecule has 0 saturated carbocycles. The maximum Gasteiger partial charge on any atom is 0.237 e. The van der Waals surface area contributed by atoms with Crippen molar-refractivity contribution in [2.24, 2.45) is 0 Å². The smallest absolute Gasteiger partial charge is 0.237 e. The maximum absolute atomic E-state index is 12.3. The number of carbonyl (C=O) groups excluding carboxylic acids is 2. The molecule has 0 spiro atoms. The maximum atomic E-state index is 12.3. The Balaban J connectivity index is 1.68. The van der Waals surface area contributed by atoms with E-state index >= 15 is 0 Å². The second-order valence-electron chi connectivity index (χ2n) is 6.64. The molecule has 146 valence electrons. The molecule has 0 aliphatic carbocycles. The van der Waals surface area contributed by atoms with E-state index in [9.17, 15) is 9.59 Å². The molecule has 1 heterocycles. The van der Waals surface area contributed by atoms with Crippen LogP contribution in [-0.2, 0) is 16.1 Å². The van der Waals surface area contributed by atoms with Crippen LogP contribution in [0.25, 0.3) is 0 Å². The van der Waals surface area contributed by atoms with E-state index in [0.717, 1.165) is 17.1 Å². The molecular weight excluding hydrogens is 354 g/mol. The van der Waals surface area contributed by atoms with Gasteiger partial charge in [0, 0.05) is 26.2 Å². The van der Waals surface area contributed by atoms with Gasteiger partial charge >= 0.3 is 0 Å². The Morgan fingerprint density at radius 1 is 1.21 bits per heavy atom. The summed E-state index contributed by atoms with van der Waals surface area (Å²) in [6.45, 7) is 5.81. The Hall–Kier alpha value is -3.12. The van der Waals surface area contributed by atoms with Crippen LogP contribution in [0, 0.1) is 0 Å². The molecule has 1 atom stereocenters. The number of carbonyl (C=O) groups is 2. The molecule has 2 aromatic carbocycles. The van der Waals surface area contributed by atoms with Crippen LogP contribution < -0.4 is 15.4 Å². The van der Waals surface area contributed by atoms with Gasteiger partial charge in [-0.15, -0.1) is 6.58 Å². The highest BCUT2D eigenvalue weighted by Crippen LogP contribution is 2.23. The zero-order valence-electron chi connectivity index (χ0n) is 15.8. The van der Waals surface area contributed by atoms with Crippen LogP contribution in [0.4, 0.5) is 0 Å². The molecule has 1 unspecified atom stereocenters. The molecular formula is C22H25N3O3. The van der Waals surface area contributed by atoms with Gasteiger partial charge in [-0.2, -0.15) is 0 Å². The van der Waals surface area contributed by atoms with Crippen molar-refractivity contribution in [3.63, 3.8) is 0 Å². The first kappa shape index (κ1) is 19.6. The molecule has 1 fully saturated rings. The zero-order valence-corrected chi connectivity index (χ0v) is 15.8. The lowest BCUT2D eigenvalue weighted by Crippen LogP contribution is -2.56. The first-order chi connectivity index (χ1) is 13.7. The number of hydrogen-bond acceptors (Lipinski definition) is 4. The highest BCUT2D eigenvalue weighted by Gasteiger charge is 2.31. The monoisotopic (exact) mass is 379 g/mol. The Morgan fingerprint density at radius 3 is 2.79 bits per heavy atom. The fourth-order valence-corrected chi connectivity index (χ4v) is 3.17. The second kappa shape index (κ2) is 9.71. The molecule has 0 radical (unpaired) electrons. The van der Waals surface area contributed by atoms with E-state index in [4.69, 9.17) is 4.74 Å². The number of piperazine rings is 1. The predicted octanol–water partition coefficient (Wildman–Crippen LogP) is 2.47. The topological polar surface area (TPSA) is 70.7 Å². The standard InChI is InChI=1S/C22H25N3O3/c1-2-11-23-21(26)15-20-22(27)24-12-13-25(20)16-17-7-6-10-19(14-17)28-18-8-4-3-5-9-18/h2-10,14,20H,1,11-13,15-16H2,(H,23,26)(H,24,27). The van der Waals surface area contributed by atoms with Gasteiger partial charge in [-0.3, -0.25) is 14.5 Å². The number of para-hydroxylation sites is 1. The third-order valence-electron chi connectivity index (χ3n) is 4.53. The van der Waals surface area contributed by atoms with Crippen LogP contribution in [0.5, 0.6) is 11.5 Å². The van der Waals surface area contributed by atoms with Gasteiger partial charge in [-0.05, 0) is 29.8 Å². The van der Waals surface area contributed by atoms with Crippen LogP contribution in [0.3, 0.4) is 0 Å². The SMILES string of the molecule is C=CCNC(=O)CC1C(=O)NCCN1Cc1cccc(Oc2ccccc2)c1. The lowest BCUT2D eigenvalue weighted by Gasteiger charge is -2.34. The van der Waals surface area contributed by atoms with E-state index in [1.54, 1.807) is 6.08 Å². The van der Waals surface area contributed by atoms with E-state index in [0.29, 0.717) is 26.2 Å². The molecule has 6 nitrogen and oxygen atoms in total. The van der Waals surface area contributed by atoms with Crippen LogP contribution in [0.2, 0.25) is 0 Å². The average molecular weight is 379 g/mol. The van der Waals surface area contributed by atoms with Gasteiger partial charge in [-0.25, -0.2) is 0 Å². The number of rotatable bonds is 8. The molecule has 3 rings (SSSR count). The van der Waals surface area contributed by atoms with Gasteiger partial charge in [0.05, 0.1) is 12.5 Å². The normalized spacial score (nSPS) is 16.9. The number of ether oxygens (including phenoxy) is 1. The van der Waals surface area contributed by atoms with E-state index in [2.05, 4.69) is 17.2 Å². The predicted molar refractivity (Wildman–Crippen MR) is 108 cm³/mol. The van der Waals surface area contributed by atoms with Crippen LogP contribution in [-0.4, -0.2) is 42.4 Å². The molecule has 6 heteroatoms. The Bertz CT molecular complexity index is 823. The summed E-state index contributed by atoms with van der Waals surface area (Å²) in [6, 6.07) is 16.9. The molecule has 0 bridgehead atoms. The number of hydrogen-bond donors (Lipinski definition) is 2. The summed E-state index contributed by atoms with van der Waals surface area (Å²) >= 11 is 0. The summed E-state index contributed by atoms with van der Waals surface area (Å²) in [4.78, 5) is 26.5. The number of nitrogens with one attached hydrogen (secondary N) is 2. The minimum Gasteiger partial charge on any atom is -0.457 e. The molecule has 1 aliphatic heterocycles. The van der Waals surface area contributed by atoms with Crippen molar-refractivity contribution in [2.45, 2.75) is 19.0 Å². The summed E-state index contributed by atoms with van der Waals surface area (Å²) in [6.07, 6.45) is 1.74. The average Bonchev–Trinajstić information content (AvgIpc) is 2.70. The molecule has 2 aromatic rings. The third-order valence-corrected chi connectivity index (χ3v) is 4.53.